The van der Waals surface area contributed by atoms with E-state index in [2.05, 4.69) is 6.07 Å². The summed E-state index contributed by atoms with van der Waals surface area (Å²) in [4.78, 5) is 13.0. The van der Waals surface area contributed by atoms with Crippen LogP contribution in [0.5, 0.6) is 40.2 Å². The fourth-order valence-electron chi connectivity index (χ4n) is 4.24. The average Bonchev–Trinajstić information content (AvgIpc) is 2.94. The number of methoxy groups -OCH3 is 5. The Morgan fingerprint density at radius 1 is 0.816 bits per heavy atom. The van der Waals surface area contributed by atoms with E-state index >= 15 is 0 Å². The van der Waals surface area contributed by atoms with Gasteiger partial charge in [0.25, 0.3) is 0 Å². The van der Waals surface area contributed by atoms with Crippen molar-refractivity contribution in [2.45, 2.75) is 5.92 Å². The zero-order chi connectivity index (χ0) is 27.4. The van der Waals surface area contributed by atoms with Crippen LogP contribution in [0.25, 0.3) is 0 Å². The standard InChI is InChI=1S/C28H26N2O8/c1-32-16-6-8-18(21(12-16)33-2)25-19-9-7-17(13-22(19)38-27(30)20(25)14-29)37-28(31)15-10-23(34-3)26(36-5)24(11-15)35-4/h6-13,25H,30H2,1-5H3. The lowest BCUT2D eigenvalue weighted by molar-refractivity contribution is 0.0733. The van der Waals surface area contributed by atoms with E-state index < -0.39 is 11.9 Å². The normalized spacial score (nSPS) is 13.9. The van der Waals surface area contributed by atoms with Crippen molar-refractivity contribution in [3.63, 3.8) is 0 Å². The molecule has 1 heterocycles. The fourth-order valence-corrected chi connectivity index (χ4v) is 4.24. The van der Waals surface area contributed by atoms with Gasteiger partial charge in [0.05, 0.1) is 47.0 Å². The number of allylic oxidation sites excluding steroid dienone is 1. The van der Waals surface area contributed by atoms with E-state index in [4.69, 9.17) is 38.9 Å². The highest BCUT2D eigenvalue weighted by Gasteiger charge is 2.33. The number of nitrogens with zero attached hydrogens (tertiary/aromatic N) is 1. The molecular weight excluding hydrogens is 492 g/mol. The first-order valence-corrected chi connectivity index (χ1v) is 11.3. The molecule has 0 fully saturated rings. The average molecular weight is 519 g/mol. The van der Waals surface area contributed by atoms with Crippen LogP contribution >= 0.6 is 0 Å². The predicted molar refractivity (Wildman–Crippen MR) is 136 cm³/mol. The van der Waals surface area contributed by atoms with Gasteiger partial charge in [-0.15, -0.1) is 0 Å². The van der Waals surface area contributed by atoms with Crippen molar-refractivity contribution in [3.8, 4) is 46.3 Å². The van der Waals surface area contributed by atoms with Crippen LogP contribution in [0, 0.1) is 11.3 Å². The number of benzene rings is 3. The molecule has 0 aliphatic carbocycles. The van der Waals surface area contributed by atoms with E-state index in [9.17, 15) is 10.1 Å². The molecule has 0 spiro atoms. The van der Waals surface area contributed by atoms with Crippen LogP contribution in [0.15, 0.2) is 60.0 Å². The summed E-state index contributed by atoms with van der Waals surface area (Å²) in [7, 11) is 7.46. The van der Waals surface area contributed by atoms with Gasteiger partial charge in [-0.05, 0) is 24.3 Å². The number of carbonyl (C=O) groups excluding carboxylic acids is 1. The van der Waals surface area contributed by atoms with Gasteiger partial charge in [0.1, 0.15) is 34.6 Å². The number of hydrogen-bond donors (Lipinski definition) is 1. The van der Waals surface area contributed by atoms with Gasteiger partial charge in [0, 0.05) is 23.3 Å². The first-order valence-electron chi connectivity index (χ1n) is 11.3. The molecule has 0 saturated heterocycles. The molecule has 2 N–H and O–H groups in total. The topological polar surface area (TPSA) is 131 Å². The summed E-state index contributed by atoms with van der Waals surface area (Å²) in [6.45, 7) is 0. The van der Waals surface area contributed by atoms with Gasteiger partial charge in [0.2, 0.25) is 11.6 Å². The maximum Gasteiger partial charge on any atom is 0.343 e. The minimum Gasteiger partial charge on any atom is -0.497 e. The summed E-state index contributed by atoms with van der Waals surface area (Å²) < 4.78 is 38.2. The van der Waals surface area contributed by atoms with Gasteiger partial charge >= 0.3 is 5.97 Å². The number of carbonyl (C=O) groups is 1. The Bertz CT molecular complexity index is 1430. The second-order valence-electron chi connectivity index (χ2n) is 8.04. The monoisotopic (exact) mass is 518 g/mol. The smallest absolute Gasteiger partial charge is 0.343 e. The second-order valence-corrected chi connectivity index (χ2v) is 8.04. The molecule has 1 aliphatic heterocycles. The van der Waals surface area contributed by atoms with E-state index in [0.717, 1.165) is 0 Å². The summed E-state index contributed by atoms with van der Waals surface area (Å²) in [6.07, 6.45) is 0. The van der Waals surface area contributed by atoms with Gasteiger partial charge in [-0.3, -0.25) is 0 Å². The molecule has 3 aromatic rings. The van der Waals surface area contributed by atoms with E-state index in [0.29, 0.717) is 45.6 Å². The van der Waals surface area contributed by atoms with Crippen LogP contribution in [0.3, 0.4) is 0 Å². The summed E-state index contributed by atoms with van der Waals surface area (Å²) in [6, 6.07) is 15.3. The van der Waals surface area contributed by atoms with Crippen LogP contribution in [0.1, 0.15) is 27.4 Å². The van der Waals surface area contributed by atoms with Gasteiger partial charge in [-0.1, -0.05) is 12.1 Å². The molecule has 10 nitrogen and oxygen atoms in total. The summed E-state index contributed by atoms with van der Waals surface area (Å²) in [5.74, 6) is 1.33. The van der Waals surface area contributed by atoms with Crippen LogP contribution < -0.4 is 38.9 Å². The van der Waals surface area contributed by atoms with Gasteiger partial charge in [-0.25, -0.2) is 4.79 Å². The van der Waals surface area contributed by atoms with Crippen molar-refractivity contribution in [2.75, 3.05) is 35.5 Å². The maximum absolute atomic E-state index is 13.0. The van der Waals surface area contributed by atoms with Crippen molar-refractivity contribution < 1.29 is 38.0 Å². The van der Waals surface area contributed by atoms with Crippen LogP contribution in [0.2, 0.25) is 0 Å². The van der Waals surface area contributed by atoms with Crippen molar-refractivity contribution in [1.82, 2.24) is 0 Å². The molecule has 1 aliphatic rings. The highest BCUT2D eigenvalue weighted by atomic mass is 16.5. The first-order chi connectivity index (χ1) is 18.4. The number of nitrogens with two attached hydrogens (primary N) is 1. The number of fused-ring (bicyclic) bond motifs is 1. The third-order valence-corrected chi connectivity index (χ3v) is 6.05. The highest BCUT2D eigenvalue weighted by Crippen LogP contribution is 2.46. The lowest BCUT2D eigenvalue weighted by Crippen LogP contribution is -2.21. The first kappa shape index (κ1) is 26.0. The second kappa shape index (κ2) is 10.9. The van der Waals surface area contributed by atoms with Crippen LogP contribution in [-0.4, -0.2) is 41.5 Å². The molecule has 0 saturated carbocycles. The highest BCUT2D eigenvalue weighted by molar-refractivity contribution is 5.92. The zero-order valence-corrected chi connectivity index (χ0v) is 21.5. The van der Waals surface area contributed by atoms with Gasteiger partial charge in [-0.2, -0.15) is 5.26 Å². The van der Waals surface area contributed by atoms with E-state index in [-0.39, 0.29) is 22.8 Å². The Morgan fingerprint density at radius 2 is 1.45 bits per heavy atom. The molecule has 1 unspecified atom stereocenters. The third kappa shape index (κ3) is 4.69. The molecule has 0 radical (unpaired) electrons. The Labute approximate surface area is 219 Å². The minimum atomic E-state index is -0.658. The molecule has 0 aromatic heterocycles. The molecule has 1 atom stereocenters. The molecule has 0 amide bonds. The SMILES string of the molecule is COc1ccc(C2C(C#N)=C(N)Oc3cc(OC(=O)c4cc(OC)c(OC)c(OC)c4)ccc32)c(OC)c1. The van der Waals surface area contributed by atoms with Crippen LogP contribution in [0.4, 0.5) is 0 Å². The van der Waals surface area contributed by atoms with Crippen molar-refractivity contribution in [3.05, 3.63) is 76.7 Å². The molecule has 4 rings (SSSR count). The number of hydrogen-bond acceptors (Lipinski definition) is 10. The summed E-state index contributed by atoms with van der Waals surface area (Å²) in [5.41, 5.74) is 7.88. The molecule has 0 bridgehead atoms. The maximum atomic E-state index is 13.0. The molecule has 10 heteroatoms. The largest absolute Gasteiger partial charge is 0.497 e. The molecule has 3 aromatic carbocycles. The predicted octanol–water partition coefficient (Wildman–Crippen LogP) is 4.17. The number of ether oxygens (including phenoxy) is 7. The quantitative estimate of drug-likeness (QED) is 0.342. The van der Waals surface area contributed by atoms with Crippen molar-refractivity contribution in [2.24, 2.45) is 5.73 Å². The summed E-state index contributed by atoms with van der Waals surface area (Å²) >= 11 is 0. The van der Waals surface area contributed by atoms with E-state index in [1.807, 2.05) is 0 Å². The Balaban J connectivity index is 1.71. The Hall–Kier alpha value is -5.04. The van der Waals surface area contributed by atoms with E-state index in [1.54, 1.807) is 37.4 Å². The summed E-state index contributed by atoms with van der Waals surface area (Å²) in [5, 5.41) is 9.87. The number of esters is 1. The fraction of sp³-hybridized carbons (Fsp3) is 0.214. The molecule has 38 heavy (non-hydrogen) atoms. The lowest BCUT2D eigenvalue weighted by atomic mass is 9.83. The third-order valence-electron chi connectivity index (χ3n) is 6.05. The Morgan fingerprint density at radius 3 is 2.03 bits per heavy atom. The minimum absolute atomic E-state index is 0.0593. The molecular formula is C28H26N2O8. The lowest BCUT2D eigenvalue weighted by Gasteiger charge is -2.27. The Kier molecular flexibility index (Phi) is 7.48. The van der Waals surface area contributed by atoms with Gasteiger partial charge in [0.15, 0.2) is 11.5 Å². The van der Waals surface area contributed by atoms with Crippen molar-refractivity contribution >= 4 is 5.97 Å². The van der Waals surface area contributed by atoms with Crippen molar-refractivity contribution in [1.29, 1.82) is 5.26 Å². The number of rotatable bonds is 8. The number of nitriles is 1. The van der Waals surface area contributed by atoms with E-state index in [1.165, 1.54) is 46.6 Å². The zero-order valence-electron chi connectivity index (χ0n) is 21.5. The molecule has 196 valence electrons. The van der Waals surface area contributed by atoms with Gasteiger partial charge < -0.3 is 38.9 Å². The van der Waals surface area contributed by atoms with Crippen LogP contribution in [-0.2, 0) is 0 Å².